The molecule has 4 rings (SSSR count). The fourth-order valence-corrected chi connectivity index (χ4v) is 5.47. The van der Waals surface area contributed by atoms with Crippen LogP contribution >= 0.6 is 24.8 Å². The van der Waals surface area contributed by atoms with Crippen LogP contribution in [0.25, 0.3) is 0 Å². The molecule has 0 saturated carbocycles. The maximum absolute atomic E-state index is 5.53. The first kappa shape index (κ1) is 30.4. The number of rotatable bonds is 9. The van der Waals surface area contributed by atoms with Crippen molar-refractivity contribution in [2.24, 2.45) is 5.92 Å². The molecule has 0 spiro atoms. The Labute approximate surface area is 229 Å². The van der Waals surface area contributed by atoms with E-state index in [2.05, 4.69) is 34.1 Å². The Morgan fingerprint density at radius 2 is 1.31 bits per heavy atom. The molecule has 2 aliphatic heterocycles. The van der Waals surface area contributed by atoms with Crippen molar-refractivity contribution in [2.45, 2.75) is 32.1 Å². The minimum Gasteiger partial charge on any atom is -0.493 e. The molecule has 1 unspecified atom stereocenters. The molecule has 0 amide bonds. The normalized spacial score (nSPS) is 18.2. The molecule has 1 fully saturated rings. The lowest BCUT2D eigenvalue weighted by Gasteiger charge is -2.35. The van der Waals surface area contributed by atoms with Gasteiger partial charge in [-0.1, -0.05) is 6.07 Å². The Balaban J connectivity index is 0.00000228. The van der Waals surface area contributed by atoms with Crippen LogP contribution in [-0.2, 0) is 19.3 Å². The molecule has 202 valence electrons. The zero-order valence-electron chi connectivity index (χ0n) is 22.1. The van der Waals surface area contributed by atoms with Crippen LogP contribution in [0.15, 0.2) is 30.3 Å². The topological polar surface area (TPSA) is 43.4 Å². The van der Waals surface area contributed by atoms with Gasteiger partial charge < -0.3 is 28.7 Å². The van der Waals surface area contributed by atoms with Crippen LogP contribution in [0.1, 0.15) is 29.5 Å². The lowest BCUT2D eigenvalue weighted by atomic mass is 9.96. The predicted molar refractivity (Wildman–Crippen MR) is 150 cm³/mol. The van der Waals surface area contributed by atoms with E-state index in [1.54, 1.807) is 28.4 Å². The number of benzene rings is 2. The first-order chi connectivity index (χ1) is 16.6. The molecule has 1 atom stereocenters. The van der Waals surface area contributed by atoms with E-state index in [0.717, 1.165) is 67.8 Å². The van der Waals surface area contributed by atoms with Crippen molar-refractivity contribution in [2.75, 3.05) is 67.7 Å². The van der Waals surface area contributed by atoms with Crippen LogP contribution in [-0.4, -0.2) is 77.5 Å². The molecule has 0 aliphatic carbocycles. The van der Waals surface area contributed by atoms with E-state index in [1.807, 2.05) is 6.07 Å². The molecule has 0 radical (unpaired) electrons. The first-order valence-corrected chi connectivity index (χ1v) is 12.5. The number of hydrogen-bond donors (Lipinski definition) is 0. The SMILES string of the molecule is COc1ccc(CCN2CCCC(CN3CCc4cc(OC)c(OC)cc4CC3)C2)cc1OC.Cl.Cl. The Morgan fingerprint density at radius 1 is 0.722 bits per heavy atom. The Kier molecular flexibility index (Phi) is 12.5. The Hall–Kier alpha value is -1.86. The van der Waals surface area contributed by atoms with Gasteiger partial charge in [0.25, 0.3) is 0 Å². The number of halogens is 2. The summed E-state index contributed by atoms with van der Waals surface area (Å²) in [5.74, 6) is 4.03. The highest BCUT2D eigenvalue weighted by Crippen LogP contribution is 2.32. The van der Waals surface area contributed by atoms with Crippen molar-refractivity contribution >= 4 is 24.8 Å². The maximum atomic E-state index is 5.53. The van der Waals surface area contributed by atoms with Gasteiger partial charge in [-0.2, -0.15) is 0 Å². The molecule has 0 N–H and O–H groups in total. The second-order valence-corrected chi connectivity index (χ2v) is 9.52. The predicted octanol–water partition coefficient (Wildman–Crippen LogP) is 4.92. The molecule has 0 bridgehead atoms. The highest BCUT2D eigenvalue weighted by Gasteiger charge is 2.24. The van der Waals surface area contributed by atoms with E-state index in [-0.39, 0.29) is 24.8 Å². The van der Waals surface area contributed by atoms with Gasteiger partial charge in [0.15, 0.2) is 23.0 Å². The number of likely N-dealkylation sites (tertiary alicyclic amines) is 1. The van der Waals surface area contributed by atoms with E-state index in [1.165, 1.54) is 49.2 Å². The summed E-state index contributed by atoms with van der Waals surface area (Å²) in [7, 11) is 6.81. The summed E-state index contributed by atoms with van der Waals surface area (Å²) >= 11 is 0. The van der Waals surface area contributed by atoms with Gasteiger partial charge in [0.05, 0.1) is 28.4 Å². The fraction of sp³-hybridized carbons (Fsp3) is 0.571. The number of methoxy groups -OCH3 is 4. The van der Waals surface area contributed by atoms with Crippen LogP contribution in [0.5, 0.6) is 23.0 Å². The van der Waals surface area contributed by atoms with Crippen molar-refractivity contribution in [3.05, 3.63) is 47.0 Å². The van der Waals surface area contributed by atoms with Gasteiger partial charge in [-0.25, -0.2) is 0 Å². The standard InChI is InChI=1S/C28H40N2O4.2ClH/c1-31-25-8-7-21(16-26(25)32-2)9-13-29-12-5-6-22(19-29)20-30-14-10-23-17-27(33-3)28(34-4)18-24(23)11-15-30;;/h7-8,16-18,22H,5-6,9-15,19-20H2,1-4H3;2*1H. The number of fused-ring (bicyclic) bond motifs is 1. The summed E-state index contributed by atoms with van der Waals surface area (Å²) in [6.45, 7) is 6.91. The lowest BCUT2D eigenvalue weighted by Crippen LogP contribution is -2.42. The second kappa shape index (κ2) is 14.8. The smallest absolute Gasteiger partial charge is 0.161 e. The van der Waals surface area contributed by atoms with Gasteiger partial charge in [0.2, 0.25) is 0 Å². The van der Waals surface area contributed by atoms with Gasteiger partial charge in [-0.15, -0.1) is 24.8 Å². The molecule has 2 heterocycles. The second-order valence-electron chi connectivity index (χ2n) is 9.52. The minimum absolute atomic E-state index is 0. The molecule has 2 aromatic carbocycles. The molecule has 8 heteroatoms. The quantitative estimate of drug-likeness (QED) is 0.449. The third kappa shape index (κ3) is 7.58. The van der Waals surface area contributed by atoms with Crippen LogP contribution in [0.2, 0.25) is 0 Å². The Morgan fingerprint density at radius 3 is 1.89 bits per heavy atom. The maximum Gasteiger partial charge on any atom is 0.161 e. The lowest BCUT2D eigenvalue weighted by molar-refractivity contribution is 0.135. The molecule has 36 heavy (non-hydrogen) atoms. The monoisotopic (exact) mass is 540 g/mol. The molecule has 2 aromatic rings. The van der Waals surface area contributed by atoms with E-state index >= 15 is 0 Å². The van der Waals surface area contributed by atoms with E-state index < -0.39 is 0 Å². The summed E-state index contributed by atoms with van der Waals surface area (Å²) in [6, 6.07) is 10.6. The van der Waals surface area contributed by atoms with Crippen molar-refractivity contribution in [3.63, 3.8) is 0 Å². The summed E-state index contributed by atoms with van der Waals surface area (Å²) in [5.41, 5.74) is 4.11. The zero-order chi connectivity index (χ0) is 23.9. The third-order valence-corrected chi connectivity index (χ3v) is 7.38. The molecule has 1 saturated heterocycles. The zero-order valence-corrected chi connectivity index (χ0v) is 23.7. The average molecular weight is 542 g/mol. The third-order valence-electron chi connectivity index (χ3n) is 7.38. The van der Waals surface area contributed by atoms with Crippen LogP contribution in [0.3, 0.4) is 0 Å². The van der Waals surface area contributed by atoms with Crippen molar-refractivity contribution in [3.8, 4) is 23.0 Å². The Bertz CT molecular complexity index is 924. The van der Waals surface area contributed by atoms with E-state index in [0.29, 0.717) is 0 Å². The molecule has 0 aromatic heterocycles. The summed E-state index contributed by atoms with van der Waals surface area (Å²) < 4.78 is 21.9. The number of ether oxygens (including phenoxy) is 4. The van der Waals surface area contributed by atoms with Gasteiger partial charge in [0.1, 0.15) is 0 Å². The van der Waals surface area contributed by atoms with Gasteiger partial charge in [0, 0.05) is 32.7 Å². The largest absolute Gasteiger partial charge is 0.493 e. The van der Waals surface area contributed by atoms with Crippen LogP contribution < -0.4 is 18.9 Å². The highest BCUT2D eigenvalue weighted by molar-refractivity contribution is 5.85. The molecule has 6 nitrogen and oxygen atoms in total. The summed E-state index contributed by atoms with van der Waals surface area (Å²) in [4.78, 5) is 5.31. The minimum atomic E-state index is 0. The van der Waals surface area contributed by atoms with Gasteiger partial charge >= 0.3 is 0 Å². The number of hydrogen-bond acceptors (Lipinski definition) is 6. The van der Waals surface area contributed by atoms with E-state index in [9.17, 15) is 0 Å². The van der Waals surface area contributed by atoms with Gasteiger partial charge in [-0.05, 0) is 85.5 Å². The van der Waals surface area contributed by atoms with E-state index in [4.69, 9.17) is 18.9 Å². The van der Waals surface area contributed by atoms with Gasteiger partial charge in [-0.3, -0.25) is 0 Å². The van der Waals surface area contributed by atoms with Crippen molar-refractivity contribution < 1.29 is 18.9 Å². The summed E-state index contributed by atoms with van der Waals surface area (Å²) in [6.07, 6.45) is 5.81. The average Bonchev–Trinajstić information content (AvgIpc) is 3.08. The van der Waals surface area contributed by atoms with Crippen LogP contribution in [0, 0.1) is 5.92 Å². The van der Waals surface area contributed by atoms with Crippen molar-refractivity contribution in [1.82, 2.24) is 9.80 Å². The fourth-order valence-electron chi connectivity index (χ4n) is 5.47. The highest BCUT2D eigenvalue weighted by atomic mass is 35.5. The molecular weight excluding hydrogens is 499 g/mol. The molecule has 2 aliphatic rings. The van der Waals surface area contributed by atoms with Crippen LogP contribution in [0.4, 0.5) is 0 Å². The summed E-state index contributed by atoms with van der Waals surface area (Å²) in [5, 5.41) is 0. The van der Waals surface area contributed by atoms with Crippen molar-refractivity contribution in [1.29, 1.82) is 0 Å². The first-order valence-electron chi connectivity index (χ1n) is 12.5. The molecular formula is C28H42Cl2N2O4. The number of piperidine rings is 1. The number of nitrogens with zero attached hydrogens (tertiary/aromatic N) is 2.